The Hall–Kier alpha value is -2.00. The smallest absolute Gasteiger partial charge is 0.224 e. The highest BCUT2D eigenvalue weighted by Crippen LogP contribution is 2.24. The van der Waals surface area contributed by atoms with Crippen LogP contribution < -0.4 is 10.1 Å². The first kappa shape index (κ1) is 16.4. The first-order valence-corrected chi connectivity index (χ1v) is 7.83. The largest absolute Gasteiger partial charge is 0.491 e. The second-order valence-electron chi connectivity index (χ2n) is 5.02. The van der Waals surface area contributed by atoms with Gasteiger partial charge in [0.15, 0.2) is 0 Å². The Labute approximate surface area is 136 Å². The predicted molar refractivity (Wildman–Crippen MR) is 90.6 cm³/mol. The molecule has 0 bridgehead atoms. The molecular formula is C18H20ClNO2. The molecule has 2 aromatic carbocycles. The molecule has 1 N–H and O–H groups in total. The van der Waals surface area contributed by atoms with Crippen LogP contribution in [0.25, 0.3) is 0 Å². The summed E-state index contributed by atoms with van der Waals surface area (Å²) in [5.74, 6) is 0.687. The fraction of sp³-hybridized carbons (Fsp3) is 0.278. The highest BCUT2D eigenvalue weighted by molar-refractivity contribution is 6.30. The third kappa shape index (κ3) is 5.08. The van der Waals surface area contributed by atoms with Crippen LogP contribution in [0.1, 0.15) is 25.3 Å². The van der Waals surface area contributed by atoms with Gasteiger partial charge in [0.05, 0.1) is 12.3 Å². The van der Waals surface area contributed by atoms with Crippen molar-refractivity contribution in [3.63, 3.8) is 0 Å². The summed E-state index contributed by atoms with van der Waals surface area (Å²) < 4.78 is 5.63. The molecular weight excluding hydrogens is 298 g/mol. The highest BCUT2D eigenvalue weighted by atomic mass is 35.5. The standard InChI is InChI=1S/C18H20ClNO2/c1-2-13-22-17-6-4-3-5-16(17)20-18(21)12-9-14-7-10-15(19)11-8-14/h3-8,10-11H,2,9,12-13H2,1H3,(H,20,21). The zero-order valence-electron chi connectivity index (χ0n) is 12.6. The van der Waals surface area contributed by atoms with Crippen LogP contribution in [0.3, 0.4) is 0 Å². The molecule has 3 nitrogen and oxygen atoms in total. The number of halogens is 1. The maximum Gasteiger partial charge on any atom is 0.224 e. The SMILES string of the molecule is CCCOc1ccccc1NC(=O)CCc1ccc(Cl)cc1. The summed E-state index contributed by atoms with van der Waals surface area (Å²) in [5.41, 5.74) is 1.81. The third-order valence-corrected chi connectivity index (χ3v) is 3.43. The molecule has 0 saturated heterocycles. The Morgan fingerprint density at radius 1 is 1.14 bits per heavy atom. The number of hydrogen-bond donors (Lipinski definition) is 1. The second kappa shape index (κ2) is 8.44. The summed E-state index contributed by atoms with van der Waals surface area (Å²) in [6.07, 6.45) is 2.03. The quantitative estimate of drug-likeness (QED) is 0.803. The number of benzene rings is 2. The summed E-state index contributed by atoms with van der Waals surface area (Å²) in [4.78, 5) is 12.1. The zero-order chi connectivity index (χ0) is 15.8. The van der Waals surface area contributed by atoms with Crippen LogP contribution in [0.15, 0.2) is 48.5 Å². The summed E-state index contributed by atoms with van der Waals surface area (Å²) in [6, 6.07) is 15.0. The molecule has 22 heavy (non-hydrogen) atoms. The molecule has 0 saturated carbocycles. The van der Waals surface area contributed by atoms with Gasteiger partial charge in [-0.05, 0) is 42.7 Å². The average molecular weight is 318 g/mol. The Morgan fingerprint density at radius 3 is 2.59 bits per heavy atom. The van der Waals surface area contributed by atoms with Crippen LogP contribution in [-0.2, 0) is 11.2 Å². The summed E-state index contributed by atoms with van der Waals surface area (Å²) in [7, 11) is 0. The van der Waals surface area contributed by atoms with Crippen LogP contribution >= 0.6 is 11.6 Å². The number of carbonyl (C=O) groups is 1. The van der Waals surface area contributed by atoms with Crippen molar-refractivity contribution < 1.29 is 9.53 Å². The molecule has 0 aliphatic carbocycles. The van der Waals surface area contributed by atoms with E-state index in [2.05, 4.69) is 5.32 Å². The van der Waals surface area contributed by atoms with Crippen molar-refractivity contribution in [3.05, 3.63) is 59.1 Å². The third-order valence-electron chi connectivity index (χ3n) is 3.18. The summed E-state index contributed by atoms with van der Waals surface area (Å²) in [6.45, 7) is 2.69. The Kier molecular flexibility index (Phi) is 6.28. The monoisotopic (exact) mass is 317 g/mol. The van der Waals surface area contributed by atoms with Crippen LogP contribution in [0.5, 0.6) is 5.75 Å². The van der Waals surface area contributed by atoms with E-state index in [0.29, 0.717) is 30.2 Å². The first-order chi connectivity index (χ1) is 10.7. The number of para-hydroxylation sites is 2. The molecule has 0 radical (unpaired) electrons. The van der Waals surface area contributed by atoms with Gasteiger partial charge < -0.3 is 10.1 Å². The molecule has 0 unspecified atom stereocenters. The van der Waals surface area contributed by atoms with Crippen LogP contribution in [0.4, 0.5) is 5.69 Å². The molecule has 0 aliphatic heterocycles. The molecule has 0 aliphatic rings. The van der Waals surface area contributed by atoms with E-state index in [9.17, 15) is 4.79 Å². The van der Waals surface area contributed by atoms with Gasteiger partial charge in [0, 0.05) is 11.4 Å². The fourth-order valence-corrected chi connectivity index (χ4v) is 2.16. The molecule has 0 fully saturated rings. The van der Waals surface area contributed by atoms with Gasteiger partial charge in [0.2, 0.25) is 5.91 Å². The van der Waals surface area contributed by atoms with Crippen molar-refractivity contribution in [2.45, 2.75) is 26.2 Å². The molecule has 0 heterocycles. The average Bonchev–Trinajstić information content (AvgIpc) is 2.53. The van der Waals surface area contributed by atoms with E-state index in [4.69, 9.17) is 16.3 Å². The maximum absolute atomic E-state index is 12.1. The summed E-state index contributed by atoms with van der Waals surface area (Å²) in [5, 5.41) is 3.61. The van der Waals surface area contributed by atoms with Gasteiger partial charge in [-0.25, -0.2) is 0 Å². The molecule has 2 aromatic rings. The van der Waals surface area contributed by atoms with Crippen LogP contribution in [-0.4, -0.2) is 12.5 Å². The zero-order valence-corrected chi connectivity index (χ0v) is 13.4. The van der Waals surface area contributed by atoms with Gasteiger partial charge in [-0.1, -0.05) is 42.8 Å². The van der Waals surface area contributed by atoms with Crippen molar-refractivity contribution in [2.75, 3.05) is 11.9 Å². The number of ether oxygens (including phenoxy) is 1. The van der Waals surface area contributed by atoms with Crippen LogP contribution in [0.2, 0.25) is 5.02 Å². The molecule has 4 heteroatoms. The minimum atomic E-state index is -0.0255. The van der Waals surface area contributed by atoms with E-state index in [1.165, 1.54) is 0 Å². The van der Waals surface area contributed by atoms with Crippen molar-refractivity contribution in [3.8, 4) is 5.75 Å². The molecule has 0 aromatic heterocycles. The van der Waals surface area contributed by atoms with E-state index in [1.807, 2.05) is 55.5 Å². The second-order valence-corrected chi connectivity index (χ2v) is 5.46. The molecule has 116 valence electrons. The lowest BCUT2D eigenvalue weighted by molar-refractivity contribution is -0.116. The normalized spacial score (nSPS) is 10.3. The van der Waals surface area contributed by atoms with Crippen LogP contribution in [0, 0.1) is 0 Å². The Morgan fingerprint density at radius 2 is 1.86 bits per heavy atom. The lowest BCUT2D eigenvalue weighted by Gasteiger charge is -2.12. The molecule has 0 atom stereocenters. The Balaban J connectivity index is 1.90. The molecule has 2 rings (SSSR count). The number of amides is 1. The number of hydrogen-bond acceptors (Lipinski definition) is 2. The number of carbonyl (C=O) groups excluding carboxylic acids is 1. The topological polar surface area (TPSA) is 38.3 Å². The van der Waals surface area contributed by atoms with Crippen molar-refractivity contribution in [1.82, 2.24) is 0 Å². The lowest BCUT2D eigenvalue weighted by Crippen LogP contribution is -2.13. The Bertz CT molecular complexity index is 611. The van der Waals surface area contributed by atoms with Crippen molar-refractivity contribution in [1.29, 1.82) is 0 Å². The number of rotatable bonds is 7. The summed E-state index contributed by atoms with van der Waals surface area (Å²) >= 11 is 5.85. The number of aryl methyl sites for hydroxylation is 1. The van der Waals surface area contributed by atoms with Gasteiger partial charge in [0.25, 0.3) is 0 Å². The number of nitrogens with one attached hydrogen (secondary N) is 1. The van der Waals surface area contributed by atoms with E-state index >= 15 is 0 Å². The molecule has 1 amide bonds. The van der Waals surface area contributed by atoms with Gasteiger partial charge in [-0.3, -0.25) is 4.79 Å². The van der Waals surface area contributed by atoms with Crippen molar-refractivity contribution >= 4 is 23.2 Å². The van der Waals surface area contributed by atoms with Gasteiger partial charge in [-0.15, -0.1) is 0 Å². The predicted octanol–water partition coefficient (Wildman–Crippen LogP) is 4.70. The first-order valence-electron chi connectivity index (χ1n) is 7.45. The minimum absolute atomic E-state index is 0.0255. The molecule has 0 spiro atoms. The van der Waals surface area contributed by atoms with E-state index in [-0.39, 0.29) is 5.91 Å². The van der Waals surface area contributed by atoms with E-state index < -0.39 is 0 Å². The van der Waals surface area contributed by atoms with E-state index in [1.54, 1.807) is 0 Å². The highest BCUT2D eigenvalue weighted by Gasteiger charge is 2.07. The van der Waals surface area contributed by atoms with Crippen molar-refractivity contribution in [2.24, 2.45) is 0 Å². The van der Waals surface area contributed by atoms with E-state index in [0.717, 1.165) is 17.7 Å². The van der Waals surface area contributed by atoms with Gasteiger partial charge >= 0.3 is 0 Å². The number of anilines is 1. The minimum Gasteiger partial charge on any atom is -0.491 e. The van der Waals surface area contributed by atoms with Gasteiger partial charge in [-0.2, -0.15) is 0 Å². The maximum atomic E-state index is 12.1. The van der Waals surface area contributed by atoms with Gasteiger partial charge in [0.1, 0.15) is 5.75 Å². The lowest BCUT2D eigenvalue weighted by atomic mass is 10.1. The fourth-order valence-electron chi connectivity index (χ4n) is 2.03.